The summed E-state index contributed by atoms with van der Waals surface area (Å²) in [4.78, 5) is 18.8. The van der Waals surface area contributed by atoms with Crippen molar-refractivity contribution in [3.8, 4) is 0 Å². The number of aryl methyl sites for hydroxylation is 1. The average Bonchev–Trinajstić information content (AvgIpc) is 3.04. The summed E-state index contributed by atoms with van der Waals surface area (Å²) in [5.74, 6) is 0.0325. The van der Waals surface area contributed by atoms with Crippen LogP contribution in [0.5, 0.6) is 0 Å². The van der Waals surface area contributed by atoms with E-state index in [9.17, 15) is 4.79 Å². The zero-order chi connectivity index (χ0) is 14.7. The molecule has 6 nitrogen and oxygen atoms in total. The monoisotopic (exact) mass is 321 g/mol. The van der Waals surface area contributed by atoms with Crippen molar-refractivity contribution in [1.29, 1.82) is 0 Å². The smallest absolute Gasteiger partial charge is 0.257 e. The Balaban J connectivity index is 0.00000176. The molecule has 1 saturated heterocycles. The predicted octanol–water partition coefficient (Wildman–Crippen LogP) is 1.51. The Bertz CT molecular complexity index is 615. The van der Waals surface area contributed by atoms with E-state index in [2.05, 4.69) is 15.4 Å². The molecule has 0 aliphatic carbocycles. The van der Waals surface area contributed by atoms with E-state index >= 15 is 0 Å². The third-order valence-electron chi connectivity index (χ3n) is 3.78. The minimum Gasteiger partial charge on any atom is -0.329 e. The molecule has 1 unspecified atom stereocenters. The van der Waals surface area contributed by atoms with Crippen LogP contribution in [0.25, 0.3) is 0 Å². The summed E-state index contributed by atoms with van der Waals surface area (Å²) in [6, 6.07) is 3.94. The zero-order valence-electron chi connectivity index (χ0n) is 12.5. The van der Waals surface area contributed by atoms with Crippen molar-refractivity contribution in [2.24, 2.45) is 0 Å². The van der Waals surface area contributed by atoms with Gasteiger partial charge in [-0.2, -0.15) is 5.10 Å². The Morgan fingerprint density at radius 1 is 1.45 bits per heavy atom. The van der Waals surface area contributed by atoms with Gasteiger partial charge in [0.25, 0.3) is 5.91 Å². The number of hydrogen-bond acceptors (Lipinski definition) is 4. The number of aromatic nitrogens is 3. The molecule has 0 spiro atoms. The van der Waals surface area contributed by atoms with Crippen molar-refractivity contribution in [3.63, 3.8) is 0 Å². The standard InChI is InChI=1S/C15H19N5O.ClH/c1-2-19-11-13(9-18-19)15(21)20-7-6-17-10-14(20)12-4-3-5-16-8-12;/h3-5,8-9,11,14,17H,2,6-7,10H2,1H3;1H. The molecule has 1 fully saturated rings. The Hall–Kier alpha value is -1.92. The fourth-order valence-electron chi connectivity index (χ4n) is 2.63. The Morgan fingerprint density at radius 3 is 3.00 bits per heavy atom. The van der Waals surface area contributed by atoms with Crippen molar-refractivity contribution in [1.82, 2.24) is 25.0 Å². The predicted molar refractivity (Wildman–Crippen MR) is 86.0 cm³/mol. The molecule has 7 heteroatoms. The van der Waals surface area contributed by atoms with E-state index in [0.717, 1.165) is 25.2 Å². The number of pyridine rings is 1. The molecule has 3 heterocycles. The summed E-state index contributed by atoms with van der Waals surface area (Å²) in [5.41, 5.74) is 1.70. The van der Waals surface area contributed by atoms with Gasteiger partial charge in [0.1, 0.15) is 0 Å². The van der Waals surface area contributed by atoms with Gasteiger partial charge in [0.2, 0.25) is 0 Å². The molecule has 1 N–H and O–H groups in total. The summed E-state index contributed by atoms with van der Waals surface area (Å²) in [6.45, 7) is 5.02. The molecule has 0 radical (unpaired) electrons. The number of hydrogen-bond donors (Lipinski definition) is 1. The molecular formula is C15H20ClN5O. The van der Waals surface area contributed by atoms with E-state index in [0.29, 0.717) is 12.1 Å². The Kier molecular flexibility index (Phi) is 5.51. The molecule has 2 aromatic heterocycles. The van der Waals surface area contributed by atoms with E-state index in [1.165, 1.54) is 0 Å². The maximum Gasteiger partial charge on any atom is 0.257 e. The van der Waals surface area contributed by atoms with Gasteiger partial charge in [-0.15, -0.1) is 12.4 Å². The summed E-state index contributed by atoms with van der Waals surface area (Å²) in [5, 5.41) is 7.53. The molecule has 0 saturated carbocycles. The molecule has 1 aliphatic heterocycles. The van der Waals surface area contributed by atoms with Crippen molar-refractivity contribution >= 4 is 18.3 Å². The van der Waals surface area contributed by atoms with Crippen LogP contribution in [0.1, 0.15) is 28.9 Å². The summed E-state index contributed by atoms with van der Waals surface area (Å²) in [7, 11) is 0. The van der Waals surface area contributed by atoms with E-state index in [1.54, 1.807) is 17.1 Å². The van der Waals surface area contributed by atoms with Crippen molar-refractivity contribution < 1.29 is 4.79 Å². The second-order valence-corrected chi connectivity index (χ2v) is 5.09. The third-order valence-corrected chi connectivity index (χ3v) is 3.78. The van der Waals surface area contributed by atoms with Gasteiger partial charge in [-0.1, -0.05) is 6.07 Å². The summed E-state index contributed by atoms with van der Waals surface area (Å²) in [6.07, 6.45) is 7.03. The average molecular weight is 322 g/mol. The van der Waals surface area contributed by atoms with Crippen LogP contribution in [0, 0.1) is 0 Å². The van der Waals surface area contributed by atoms with Gasteiger partial charge in [0.15, 0.2) is 0 Å². The van der Waals surface area contributed by atoms with Gasteiger partial charge >= 0.3 is 0 Å². The molecule has 2 aromatic rings. The van der Waals surface area contributed by atoms with Crippen LogP contribution in [0.15, 0.2) is 36.9 Å². The van der Waals surface area contributed by atoms with Gasteiger partial charge in [-0.3, -0.25) is 14.5 Å². The van der Waals surface area contributed by atoms with E-state index in [1.807, 2.05) is 36.4 Å². The number of piperazine rings is 1. The number of rotatable bonds is 3. The first-order chi connectivity index (χ1) is 10.3. The van der Waals surface area contributed by atoms with Crippen LogP contribution in [-0.2, 0) is 6.54 Å². The van der Waals surface area contributed by atoms with Gasteiger partial charge in [-0.05, 0) is 18.6 Å². The highest BCUT2D eigenvalue weighted by Gasteiger charge is 2.29. The summed E-state index contributed by atoms with van der Waals surface area (Å²) < 4.78 is 1.77. The maximum absolute atomic E-state index is 12.7. The first kappa shape index (κ1) is 16.5. The fourth-order valence-corrected chi connectivity index (χ4v) is 2.63. The van der Waals surface area contributed by atoms with Crippen LogP contribution in [0.4, 0.5) is 0 Å². The van der Waals surface area contributed by atoms with Crippen LogP contribution in [0.3, 0.4) is 0 Å². The third kappa shape index (κ3) is 3.28. The van der Waals surface area contributed by atoms with E-state index in [-0.39, 0.29) is 24.4 Å². The first-order valence-electron chi connectivity index (χ1n) is 7.23. The van der Waals surface area contributed by atoms with Crippen molar-refractivity contribution in [3.05, 3.63) is 48.0 Å². The zero-order valence-corrected chi connectivity index (χ0v) is 13.3. The van der Waals surface area contributed by atoms with E-state index < -0.39 is 0 Å². The minimum absolute atomic E-state index is 0. The lowest BCUT2D eigenvalue weighted by Crippen LogP contribution is -2.48. The molecule has 1 aliphatic rings. The van der Waals surface area contributed by atoms with Gasteiger partial charge in [-0.25, -0.2) is 0 Å². The molecule has 0 bridgehead atoms. The Labute approximate surface area is 135 Å². The number of carbonyl (C=O) groups excluding carboxylic acids is 1. The minimum atomic E-state index is 0. The van der Waals surface area contributed by atoms with Gasteiger partial charge < -0.3 is 10.2 Å². The quantitative estimate of drug-likeness (QED) is 0.930. The molecule has 3 rings (SSSR count). The van der Waals surface area contributed by atoms with E-state index in [4.69, 9.17) is 0 Å². The molecule has 1 amide bonds. The second-order valence-electron chi connectivity index (χ2n) is 5.09. The van der Waals surface area contributed by atoms with Gasteiger partial charge in [0, 0.05) is 44.8 Å². The SMILES string of the molecule is CCn1cc(C(=O)N2CCNCC2c2cccnc2)cn1.Cl. The first-order valence-corrected chi connectivity index (χ1v) is 7.23. The highest BCUT2D eigenvalue weighted by molar-refractivity contribution is 5.94. The molecule has 0 aromatic carbocycles. The molecule has 22 heavy (non-hydrogen) atoms. The highest BCUT2D eigenvalue weighted by atomic mass is 35.5. The van der Waals surface area contributed by atoms with Crippen molar-refractivity contribution in [2.45, 2.75) is 19.5 Å². The largest absolute Gasteiger partial charge is 0.329 e. The highest BCUT2D eigenvalue weighted by Crippen LogP contribution is 2.23. The lowest BCUT2D eigenvalue weighted by Gasteiger charge is -2.36. The lowest BCUT2D eigenvalue weighted by molar-refractivity contribution is 0.0634. The van der Waals surface area contributed by atoms with Crippen LogP contribution in [0.2, 0.25) is 0 Å². The van der Waals surface area contributed by atoms with Crippen LogP contribution < -0.4 is 5.32 Å². The number of halogens is 1. The maximum atomic E-state index is 12.7. The van der Waals surface area contributed by atoms with Crippen molar-refractivity contribution in [2.75, 3.05) is 19.6 Å². The fraction of sp³-hybridized carbons (Fsp3) is 0.400. The topological polar surface area (TPSA) is 63.1 Å². The van der Waals surface area contributed by atoms with Gasteiger partial charge in [0.05, 0.1) is 17.8 Å². The number of nitrogens with zero attached hydrogens (tertiary/aromatic N) is 4. The van der Waals surface area contributed by atoms with Crippen LogP contribution >= 0.6 is 12.4 Å². The van der Waals surface area contributed by atoms with Crippen LogP contribution in [-0.4, -0.2) is 45.2 Å². The lowest BCUT2D eigenvalue weighted by atomic mass is 10.0. The number of nitrogens with one attached hydrogen (secondary N) is 1. The molecule has 1 atom stereocenters. The number of amides is 1. The number of carbonyl (C=O) groups is 1. The summed E-state index contributed by atoms with van der Waals surface area (Å²) >= 11 is 0. The normalized spacial score (nSPS) is 17.9. The molecular weight excluding hydrogens is 302 g/mol. The Morgan fingerprint density at radius 2 is 2.32 bits per heavy atom. The molecule has 118 valence electrons. The second kappa shape index (κ2) is 7.38.